The predicted molar refractivity (Wildman–Crippen MR) is 100 cm³/mol. The monoisotopic (exact) mass is 358 g/mol. The molecule has 0 aromatic carbocycles. The SMILES string of the molecule is CC1CCN(C(=O)[C@@H]2CCCN2C(=O)C23CC4CC(CC(C4)C2)C3)CC1. The summed E-state index contributed by atoms with van der Waals surface area (Å²) in [6.07, 6.45) is 11.5. The quantitative estimate of drug-likeness (QED) is 0.758. The van der Waals surface area contributed by atoms with Gasteiger partial charge in [-0.05, 0) is 87.9 Å². The van der Waals surface area contributed by atoms with E-state index in [9.17, 15) is 9.59 Å². The Balaban J connectivity index is 1.32. The van der Waals surface area contributed by atoms with E-state index < -0.39 is 0 Å². The van der Waals surface area contributed by atoms with Crippen LogP contribution in [0.3, 0.4) is 0 Å². The number of piperidine rings is 1. The molecule has 4 saturated carbocycles. The lowest BCUT2D eigenvalue weighted by Gasteiger charge is -2.56. The van der Waals surface area contributed by atoms with Crippen LogP contribution in [0.1, 0.15) is 71.1 Å². The summed E-state index contributed by atoms with van der Waals surface area (Å²) in [5.41, 5.74) is -0.103. The van der Waals surface area contributed by atoms with E-state index in [1.807, 2.05) is 4.90 Å². The van der Waals surface area contributed by atoms with Crippen molar-refractivity contribution >= 4 is 11.8 Å². The number of likely N-dealkylation sites (tertiary alicyclic amines) is 2. The molecule has 0 unspecified atom stereocenters. The highest BCUT2D eigenvalue weighted by molar-refractivity contribution is 5.91. The van der Waals surface area contributed by atoms with Gasteiger partial charge in [0.05, 0.1) is 5.41 Å². The van der Waals surface area contributed by atoms with E-state index in [0.717, 1.165) is 88.3 Å². The Morgan fingerprint density at radius 2 is 1.42 bits per heavy atom. The maximum Gasteiger partial charge on any atom is 0.245 e. The average Bonchev–Trinajstić information content (AvgIpc) is 3.09. The molecule has 0 N–H and O–H groups in total. The van der Waals surface area contributed by atoms with Crippen molar-refractivity contribution in [2.45, 2.75) is 77.2 Å². The van der Waals surface area contributed by atoms with E-state index in [4.69, 9.17) is 0 Å². The van der Waals surface area contributed by atoms with Gasteiger partial charge in [0.1, 0.15) is 6.04 Å². The van der Waals surface area contributed by atoms with Crippen molar-refractivity contribution in [3.8, 4) is 0 Å². The zero-order chi connectivity index (χ0) is 17.9. The number of carbonyl (C=O) groups is 2. The first-order chi connectivity index (χ1) is 12.5. The molecule has 2 aliphatic heterocycles. The Bertz CT molecular complexity index is 558. The molecular formula is C22H34N2O2. The summed E-state index contributed by atoms with van der Waals surface area (Å²) in [4.78, 5) is 31.0. The molecule has 6 aliphatic rings. The van der Waals surface area contributed by atoms with Gasteiger partial charge >= 0.3 is 0 Å². The molecule has 4 heteroatoms. The third-order valence-corrected chi connectivity index (χ3v) is 8.39. The van der Waals surface area contributed by atoms with E-state index in [0.29, 0.717) is 5.91 Å². The number of nitrogens with zero attached hydrogens (tertiary/aromatic N) is 2. The summed E-state index contributed by atoms with van der Waals surface area (Å²) in [7, 11) is 0. The van der Waals surface area contributed by atoms with Crippen LogP contribution in [0.2, 0.25) is 0 Å². The van der Waals surface area contributed by atoms with Crippen LogP contribution in [0.4, 0.5) is 0 Å². The van der Waals surface area contributed by atoms with Gasteiger partial charge in [0.25, 0.3) is 0 Å². The third-order valence-electron chi connectivity index (χ3n) is 8.39. The standard InChI is InChI=1S/C22H34N2O2/c1-15-4-7-23(8-5-15)20(25)19-3-2-6-24(19)21(26)22-12-16-9-17(13-22)11-18(10-16)14-22/h15-19H,2-14H2,1H3/t16?,17?,18?,19-,22?/m0/s1. The van der Waals surface area contributed by atoms with Crippen LogP contribution in [0, 0.1) is 29.1 Å². The summed E-state index contributed by atoms with van der Waals surface area (Å²) in [5.74, 6) is 3.68. The lowest BCUT2D eigenvalue weighted by Crippen LogP contribution is -2.57. The molecule has 144 valence electrons. The molecule has 6 fully saturated rings. The number of amides is 2. The van der Waals surface area contributed by atoms with Crippen LogP contribution in [0.15, 0.2) is 0 Å². The Morgan fingerprint density at radius 3 is 2.00 bits per heavy atom. The van der Waals surface area contributed by atoms with Crippen molar-refractivity contribution in [1.29, 1.82) is 0 Å². The molecule has 1 atom stereocenters. The Hall–Kier alpha value is -1.06. The third kappa shape index (κ3) is 2.70. The van der Waals surface area contributed by atoms with Gasteiger partial charge in [-0.25, -0.2) is 0 Å². The molecule has 0 aromatic heterocycles. The van der Waals surface area contributed by atoms with Crippen LogP contribution in [0.5, 0.6) is 0 Å². The van der Waals surface area contributed by atoms with Crippen LogP contribution in [0.25, 0.3) is 0 Å². The van der Waals surface area contributed by atoms with Gasteiger partial charge in [-0.3, -0.25) is 9.59 Å². The molecule has 0 radical (unpaired) electrons. The van der Waals surface area contributed by atoms with E-state index in [1.165, 1.54) is 19.3 Å². The molecule has 2 amide bonds. The summed E-state index contributed by atoms with van der Waals surface area (Å²) in [5, 5.41) is 0. The van der Waals surface area contributed by atoms with Crippen molar-refractivity contribution < 1.29 is 9.59 Å². The highest BCUT2D eigenvalue weighted by Crippen LogP contribution is 2.60. The van der Waals surface area contributed by atoms with E-state index in [-0.39, 0.29) is 17.4 Å². The Morgan fingerprint density at radius 1 is 0.846 bits per heavy atom. The first-order valence-electron chi connectivity index (χ1n) is 11.1. The normalized spacial score (nSPS) is 42.5. The fourth-order valence-corrected chi connectivity index (χ4v) is 7.38. The number of rotatable bonds is 2. The molecule has 4 nitrogen and oxygen atoms in total. The lowest BCUT2D eigenvalue weighted by atomic mass is 9.49. The Kier molecular flexibility index (Phi) is 4.09. The highest BCUT2D eigenvalue weighted by atomic mass is 16.2. The van der Waals surface area contributed by atoms with Gasteiger partial charge in [0.15, 0.2) is 0 Å². The molecular weight excluding hydrogens is 324 g/mol. The maximum atomic E-state index is 13.7. The predicted octanol–water partition coefficient (Wildman–Crippen LogP) is 3.45. The van der Waals surface area contributed by atoms with Gasteiger partial charge in [-0.15, -0.1) is 0 Å². The van der Waals surface area contributed by atoms with Gasteiger partial charge in [-0.1, -0.05) is 6.92 Å². The van der Waals surface area contributed by atoms with Crippen molar-refractivity contribution in [3.63, 3.8) is 0 Å². The summed E-state index contributed by atoms with van der Waals surface area (Å²) in [6.45, 7) is 4.85. The molecule has 26 heavy (non-hydrogen) atoms. The molecule has 2 heterocycles. The first-order valence-corrected chi connectivity index (χ1v) is 11.1. The molecule has 4 bridgehead atoms. The minimum Gasteiger partial charge on any atom is -0.341 e. The molecule has 0 aromatic rings. The van der Waals surface area contributed by atoms with Crippen LogP contribution in [-0.4, -0.2) is 47.3 Å². The zero-order valence-corrected chi connectivity index (χ0v) is 16.3. The van der Waals surface area contributed by atoms with Crippen LogP contribution < -0.4 is 0 Å². The molecule has 4 aliphatic carbocycles. The Labute approximate surface area is 157 Å². The lowest BCUT2D eigenvalue weighted by molar-refractivity contribution is -0.162. The molecule has 2 saturated heterocycles. The van der Waals surface area contributed by atoms with Crippen molar-refractivity contribution in [2.75, 3.05) is 19.6 Å². The van der Waals surface area contributed by atoms with Gasteiger partial charge in [-0.2, -0.15) is 0 Å². The number of carbonyl (C=O) groups excluding carboxylic acids is 2. The minimum atomic E-state index is -0.163. The fraction of sp³-hybridized carbons (Fsp3) is 0.909. The van der Waals surface area contributed by atoms with Gasteiger partial charge in [0.2, 0.25) is 11.8 Å². The first kappa shape index (κ1) is 17.1. The average molecular weight is 359 g/mol. The van der Waals surface area contributed by atoms with Crippen molar-refractivity contribution in [3.05, 3.63) is 0 Å². The van der Waals surface area contributed by atoms with Gasteiger partial charge < -0.3 is 9.80 Å². The van der Waals surface area contributed by atoms with E-state index in [2.05, 4.69) is 11.8 Å². The van der Waals surface area contributed by atoms with E-state index >= 15 is 0 Å². The van der Waals surface area contributed by atoms with Crippen LogP contribution in [-0.2, 0) is 9.59 Å². The number of hydrogen-bond acceptors (Lipinski definition) is 2. The summed E-state index contributed by atoms with van der Waals surface area (Å²) >= 11 is 0. The maximum absolute atomic E-state index is 13.7. The van der Waals surface area contributed by atoms with Gasteiger partial charge in [0, 0.05) is 19.6 Å². The van der Waals surface area contributed by atoms with Crippen molar-refractivity contribution in [2.24, 2.45) is 29.1 Å². The topological polar surface area (TPSA) is 40.6 Å². The smallest absolute Gasteiger partial charge is 0.245 e. The molecule has 0 spiro atoms. The highest BCUT2D eigenvalue weighted by Gasteiger charge is 2.57. The second kappa shape index (κ2) is 6.24. The minimum absolute atomic E-state index is 0.103. The summed E-state index contributed by atoms with van der Waals surface area (Å²) < 4.78 is 0. The summed E-state index contributed by atoms with van der Waals surface area (Å²) in [6, 6.07) is -0.163. The second-order valence-corrected chi connectivity index (χ2v) is 10.4. The zero-order valence-electron chi connectivity index (χ0n) is 16.3. The molecule has 6 rings (SSSR count). The van der Waals surface area contributed by atoms with Crippen molar-refractivity contribution in [1.82, 2.24) is 9.80 Å². The number of hydrogen-bond donors (Lipinski definition) is 0. The largest absolute Gasteiger partial charge is 0.341 e. The van der Waals surface area contributed by atoms with E-state index in [1.54, 1.807) is 0 Å². The fourth-order valence-electron chi connectivity index (χ4n) is 7.38. The second-order valence-electron chi connectivity index (χ2n) is 10.4. The van der Waals surface area contributed by atoms with Crippen LogP contribution >= 0.6 is 0 Å².